The summed E-state index contributed by atoms with van der Waals surface area (Å²) in [5.74, 6) is -9.35. The molecule has 0 radical (unpaired) electrons. The number of nitrogens with two attached hydrogens (primary N) is 1. The van der Waals surface area contributed by atoms with Crippen LogP contribution >= 0.6 is 0 Å². The topological polar surface area (TPSA) is 102 Å². The summed E-state index contributed by atoms with van der Waals surface area (Å²) in [7, 11) is 0. The molecule has 0 saturated carbocycles. The first-order chi connectivity index (χ1) is 19.3. The van der Waals surface area contributed by atoms with E-state index in [1.807, 2.05) is 32.6 Å². The number of nitrogens with zero attached hydrogens (tertiary/aromatic N) is 5. The number of hydrogen-bond acceptors (Lipinski definition) is 7. The maximum absolute atomic E-state index is 15.8. The maximum Gasteiger partial charge on any atom is 0.355 e. The first kappa shape index (κ1) is 28.4. The van der Waals surface area contributed by atoms with E-state index in [4.69, 9.17) is 5.73 Å². The van der Waals surface area contributed by atoms with Crippen molar-refractivity contribution < 1.29 is 22.0 Å². The lowest BCUT2D eigenvalue weighted by molar-refractivity contribution is 0.405. The van der Waals surface area contributed by atoms with Crippen molar-refractivity contribution in [2.24, 2.45) is 0 Å². The van der Waals surface area contributed by atoms with Crippen molar-refractivity contribution in [1.29, 1.82) is 0 Å². The van der Waals surface area contributed by atoms with Crippen LogP contribution in [0.1, 0.15) is 44.9 Å². The van der Waals surface area contributed by atoms with Crippen molar-refractivity contribution in [3.05, 3.63) is 69.2 Å². The Labute approximate surface area is 232 Å². The van der Waals surface area contributed by atoms with Crippen molar-refractivity contribution in [2.75, 3.05) is 23.7 Å². The highest BCUT2D eigenvalue weighted by Crippen LogP contribution is 2.38. The summed E-state index contributed by atoms with van der Waals surface area (Å²) in [6.07, 6.45) is 1.57. The molecular formula is C28H28F5N7O. The second-order valence-corrected chi connectivity index (χ2v) is 10.7. The lowest BCUT2D eigenvalue weighted by Crippen LogP contribution is -2.55. The summed E-state index contributed by atoms with van der Waals surface area (Å²) in [5, 5.41) is 3.46. The number of aryl methyl sites for hydroxylation is 1. The number of rotatable bonds is 4. The highest BCUT2D eigenvalue weighted by Gasteiger charge is 2.31. The molecule has 0 bridgehead atoms. The van der Waals surface area contributed by atoms with Crippen LogP contribution in [0.3, 0.4) is 0 Å². The first-order valence-corrected chi connectivity index (χ1v) is 13.0. The number of hydrogen-bond donors (Lipinski definition) is 2. The van der Waals surface area contributed by atoms with E-state index >= 15 is 4.39 Å². The van der Waals surface area contributed by atoms with Gasteiger partial charge in [0.1, 0.15) is 11.5 Å². The van der Waals surface area contributed by atoms with E-state index in [2.05, 4.69) is 20.3 Å². The molecule has 41 heavy (non-hydrogen) atoms. The van der Waals surface area contributed by atoms with Crippen molar-refractivity contribution in [2.45, 2.75) is 52.6 Å². The molecule has 1 aliphatic rings. The van der Waals surface area contributed by atoms with Crippen LogP contribution in [-0.2, 0) is 0 Å². The predicted molar refractivity (Wildman–Crippen MR) is 146 cm³/mol. The Bertz CT molecular complexity index is 1720. The summed E-state index contributed by atoms with van der Waals surface area (Å²) in [4.78, 5) is 28.6. The quantitative estimate of drug-likeness (QED) is 0.157. The molecular weight excluding hydrogens is 545 g/mol. The second kappa shape index (κ2) is 10.4. The number of fused-ring (bicyclic) bond motifs is 1. The van der Waals surface area contributed by atoms with Gasteiger partial charge in [-0.15, -0.1) is 0 Å². The van der Waals surface area contributed by atoms with Gasteiger partial charge in [0, 0.05) is 31.4 Å². The molecule has 0 amide bonds. The molecule has 2 atom stereocenters. The zero-order valence-corrected chi connectivity index (χ0v) is 23.0. The standard InChI is InChI=1S/C28H28F5N7O/c1-11(2)23-25(12(3)6-7-35-23)40-27-15(26(38-28(40)41)39-9-13(4)36-14(5)10-39)8-16(29)24(37-27)17-18(30)19(31)20(32)21(33)22(17)34/h6-8,11,13-14,36H,9-10,34H2,1-5H3/t13-,14+. The van der Waals surface area contributed by atoms with Crippen LogP contribution in [0.25, 0.3) is 28.0 Å². The number of pyridine rings is 2. The van der Waals surface area contributed by atoms with Crippen LogP contribution in [0.4, 0.5) is 33.5 Å². The molecule has 0 aliphatic carbocycles. The number of anilines is 2. The maximum atomic E-state index is 15.8. The van der Waals surface area contributed by atoms with Crippen molar-refractivity contribution in [3.8, 4) is 16.9 Å². The second-order valence-electron chi connectivity index (χ2n) is 10.7. The number of halogens is 5. The van der Waals surface area contributed by atoms with Gasteiger partial charge in [0.2, 0.25) is 0 Å². The molecule has 0 spiro atoms. The molecule has 1 fully saturated rings. The molecule has 3 aromatic heterocycles. The predicted octanol–water partition coefficient (Wildman–Crippen LogP) is 4.74. The average molecular weight is 574 g/mol. The molecule has 0 unspecified atom stereocenters. The molecule has 216 valence electrons. The average Bonchev–Trinajstić information content (AvgIpc) is 2.91. The van der Waals surface area contributed by atoms with Crippen LogP contribution in [0.2, 0.25) is 0 Å². The Morgan fingerprint density at radius 3 is 2.27 bits per heavy atom. The fourth-order valence-corrected chi connectivity index (χ4v) is 5.39. The van der Waals surface area contributed by atoms with Gasteiger partial charge in [0.25, 0.3) is 0 Å². The Kier molecular flexibility index (Phi) is 7.18. The fourth-order valence-electron chi connectivity index (χ4n) is 5.39. The number of piperazine rings is 1. The Hall–Kier alpha value is -4.13. The SMILES string of the molecule is Cc1ccnc(C(C)C)c1-n1c(=O)nc(N2C[C@@H](C)N[C@@H](C)C2)c2cc(F)c(-c3c(N)c(F)c(F)c(F)c3F)nc21. The lowest BCUT2D eigenvalue weighted by atomic mass is 10.0. The molecule has 5 rings (SSSR count). The first-order valence-electron chi connectivity index (χ1n) is 13.0. The van der Waals surface area contributed by atoms with Crippen LogP contribution in [0, 0.1) is 36.0 Å². The van der Waals surface area contributed by atoms with Gasteiger partial charge < -0.3 is 16.0 Å². The van der Waals surface area contributed by atoms with Gasteiger partial charge in [-0.1, -0.05) is 13.8 Å². The molecule has 4 aromatic rings. The van der Waals surface area contributed by atoms with Crippen LogP contribution in [0.15, 0.2) is 23.1 Å². The van der Waals surface area contributed by atoms with Crippen molar-refractivity contribution >= 4 is 22.5 Å². The van der Waals surface area contributed by atoms with Gasteiger partial charge in [-0.2, -0.15) is 4.98 Å². The van der Waals surface area contributed by atoms with Crippen molar-refractivity contribution in [3.63, 3.8) is 0 Å². The molecule has 1 saturated heterocycles. The normalized spacial score (nSPS) is 17.6. The van der Waals surface area contributed by atoms with Gasteiger partial charge in [-0.05, 0) is 44.4 Å². The molecule has 4 heterocycles. The summed E-state index contributed by atoms with van der Waals surface area (Å²) >= 11 is 0. The van der Waals surface area contributed by atoms with E-state index < -0.39 is 51.7 Å². The summed E-state index contributed by atoms with van der Waals surface area (Å²) in [5.41, 5.74) is 2.94. The third-order valence-electron chi connectivity index (χ3n) is 7.12. The summed E-state index contributed by atoms with van der Waals surface area (Å²) < 4.78 is 74.4. The minimum Gasteiger partial charge on any atom is -0.396 e. The van der Waals surface area contributed by atoms with E-state index in [-0.39, 0.29) is 34.9 Å². The summed E-state index contributed by atoms with van der Waals surface area (Å²) in [6, 6.07) is 2.64. The zero-order chi connectivity index (χ0) is 29.9. The highest BCUT2D eigenvalue weighted by molar-refractivity contribution is 5.91. The number of aromatic nitrogens is 4. The van der Waals surface area contributed by atoms with Gasteiger partial charge >= 0.3 is 5.69 Å². The Morgan fingerprint density at radius 2 is 1.63 bits per heavy atom. The van der Waals surface area contributed by atoms with Gasteiger partial charge in [0.05, 0.1) is 28.0 Å². The Balaban J connectivity index is 1.93. The smallest absolute Gasteiger partial charge is 0.355 e. The zero-order valence-electron chi connectivity index (χ0n) is 23.0. The van der Waals surface area contributed by atoms with Gasteiger partial charge in [0.15, 0.2) is 34.7 Å². The largest absolute Gasteiger partial charge is 0.396 e. The highest BCUT2D eigenvalue weighted by atomic mass is 19.2. The van der Waals surface area contributed by atoms with Crippen LogP contribution in [0.5, 0.6) is 0 Å². The fraction of sp³-hybridized carbons (Fsp3) is 0.357. The van der Waals surface area contributed by atoms with Gasteiger partial charge in [-0.3, -0.25) is 4.98 Å². The van der Waals surface area contributed by atoms with E-state index in [9.17, 15) is 22.4 Å². The third kappa shape index (κ3) is 4.67. The minimum atomic E-state index is -2.17. The van der Waals surface area contributed by atoms with E-state index in [1.54, 1.807) is 19.2 Å². The molecule has 8 nitrogen and oxygen atoms in total. The molecule has 1 aliphatic heterocycles. The Morgan fingerprint density at radius 1 is 1.00 bits per heavy atom. The molecule has 13 heteroatoms. The number of nitrogen functional groups attached to an aromatic ring is 1. The van der Waals surface area contributed by atoms with Crippen LogP contribution < -0.4 is 21.6 Å². The van der Waals surface area contributed by atoms with Gasteiger partial charge in [-0.25, -0.2) is 36.3 Å². The number of benzene rings is 1. The molecule has 1 aromatic carbocycles. The molecule has 3 N–H and O–H groups in total. The van der Waals surface area contributed by atoms with E-state index in [1.165, 1.54) is 0 Å². The number of nitrogens with one attached hydrogen (secondary N) is 1. The summed E-state index contributed by atoms with van der Waals surface area (Å²) in [6.45, 7) is 10.2. The minimum absolute atomic E-state index is 0.00211. The lowest BCUT2D eigenvalue weighted by Gasteiger charge is -2.37. The van der Waals surface area contributed by atoms with E-state index in [0.717, 1.165) is 10.6 Å². The monoisotopic (exact) mass is 573 g/mol. The van der Waals surface area contributed by atoms with E-state index in [0.29, 0.717) is 30.0 Å². The van der Waals surface area contributed by atoms with Crippen LogP contribution in [-0.4, -0.2) is 44.7 Å². The third-order valence-corrected chi connectivity index (χ3v) is 7.12. The van der Waals surface area contributed by atoms with Crippen molar-refractivity contribution in [1.82, 2.24) is 24.8 Å².